The van der Waals surface area contributed by atoms with E-state index in [1.54, 1.807) is 18.2 Å². The highest BCUT2D eigenvalue weighted by Crippen LogP contribution is 2.46. The molecule has 12 heteroatoms. The summed E-state index contributed by atoms with van der Waals surface area (Å²) < 4.78 is 29.6. The first-order valence-corrected chi connectivity index (χ1v) is 11.0. The molecular weight excluding hydrogens is 486 g/mol. The Morgan fingerprint density at radius 1 is 1.03 bits per heavy atom. The molecule has 1 aliphatic rings. The van der Waals surface area contributed by atoms with Crippen LogP contribution in [0.1, 0.15) is 38.1 Å². The summed E-state index contributed by atoms with van der Waals surface area (Å²) >= 11 is 6.15. The Morgan fingerprint density at radius 2 is 1.63 bits per heavy atom. The third kappa shape index (κ3) is 5.03. The molecular formula is C23H26ClNO10. The van der Waals surface area contributed by atoms with Gasteiger partial charge < -0.3 is 28.8 Å². The van der Waals surface area contributed by atoms with Gasteiger partial charge in [0.2, 0.25) is 17.8 Å². The van der Waals surface area contributed by atoms with Crippen molar-refractivity contribution in [3.05, 3.63) is 35.0 Å². The number of aromatic nitrogens is 1. The van der Waals surface area contributed by atoms with Crippen molar-refractivity contribution in [1.29, 1.82) is 0 Å². The number of hydrogen-bond acceptors (Lipinski definition) is 10. The molecule has 0 unspecified atom stereocenters. The molecule has 1 aromatic carbocycles. The predicted octanol–water partition coefficient (Wildman–Crippen LogP) is 1.94. The van der Waals surface area contributed by atoms with Crippen LogP contribution in [-0.4, -0.2) is 71.6 Å². The third-order valence-electron chi connectivity index (χ3n) is 5.55. The van der Waals surface area contributed by atoms with Crippen molar-refractivity contribution in [3.8, 4) is 0 Å². The van der Waals surface area contributed by atoms with Crippen LogP contribution in [0.15, 0.2) is 24.4 Å². The molecule has 0 radical (unpaired) electrons. The molecule has 5 atom stereocenters. The zero-order valence-electron chi connectivity index (χ0n) is 19.8. The third-order valence-corrected chi connectivity index (χ3v) is 5.79. The van der Waals surface area contributed by atoms with Crippen molar-refractivity contribution in [3.63, 3.8) is 0 Å². The van der Waals surface area contributed by atoms with Gasteiger partial charge in [-0.05, 0) is 12.1 Å². The minimum atomic E-state index is -2.00. The van der Waals surface area contributed by atoms with Crippen molar-refractivity contribution in [2.75, 3.05) is 13.7 Å². The topological polar surface area (TPSA) is 140 Å². The summed E-state index contributed by atoms with van der Waals surface area (Å²) in [7, 11) is 1.26. The monoisotopic (exact) mass is 511 g/mol. The van der Waals surface area contributed by atoms with Crippen LogP contribution in [0.2, 0.25) is 5.02 Å². The molecule has 1 N–H and O–H groups in total. The molecule has 2 heterocycles. The molecule has 1 fully saturated rings. The van der Waals surface area contributed by atoms with Gasteiger partial charge in [-0.15, -0.1) is 0 Å². The number of halogens is 1. The Kier molecular flexibility index (Phi) is 7.85. The van der Waals surface area contributed by atoms with Crippen LogP contribution in [0.5, 0.6) is 0 Å². The molecule has 11 nitrogen and oxygen atoms in total. The Labute approximate surface area is 205 Å². The maximum atomic E-state index is 12.4. The first-order chi connectivity index (χ1) is 16.4. The summed E-state index contributed by atoms with van der Waals surface area (Å²) in [5.41, 5.74) is 0.637. The van der Waals surface area contributed by atoms with Gasteiger partial charge in [0, 0.05) is 57.0 Å². The van der Waals surface area contributed by atoms with Gasteiger partial charge in [-0.2, -0.15) is 0 Å². The Hall–Kier alpha value is -2.99. The second-order valence-corrected chi connectivity index (χ2v) is 8.42. The number of aliphatic hydroxyl groups excluding tert-OH is 1. The second kappa shape index (κ2) is 10.3. The van der Waals surface area contributed by atoms with Crippen LogP contribution in [0.25, 0.3) is 10.9 Å². The maximum absolute atomic E-state index is 12.4. The fourth-order valence-electron chi connectivity index (χ4n) is 4.31. The highest BCUT2D eigenvalue weighted by Gasteiger charge is 2.62. The molecule has 1 aliphatic heterocycles. The van der Waals surface area contributed by atoms with E-state index in [4.69, 9.17) is 35.3 Å². The molecule has 0 aliphatic carbocycles. The van der Waals surface area contributed by atoms with Crippen LogP contribution in [0.3, 0.4) is 0 Å². The number of nitrogens with zero attached hydrogens (tertiary/aromatic N) is 1. The Balaban J connectivity index is 2.34. The predicted molar refractivity (Wildman–Crippen MR) is 121 cm³/mol. The minimum absolute atomic E-state index is 0.227. The van der Waals surface area contributed by atoms with Gasteiger partial charge in [0.15, 0.2) is 12.2 Å². The van der Waals surface area contributed by atoms with Crippen LogP contribution in [0.4, 0.5) is 0 Å². The molecule has 1 aromatic heterocycles. The molecule has 0 spiro atoms. The fraction of sp³-hybridized carbons (Fsp3) is 0.478. The first-order valence-electron chi connectivity index (χ1n) is 10.6. The summed E-state index contributed by atoms with van der Waals surface area (Å²) in [6.07, 6.45) is -4.13. The number of carbonyl (C=O) groups excluding carboxylic acids is 4. The van der Waals surface area contributed by atoms with Gasteiger partial charge in [-0.3, -0.25) is 23.7 Å². The number of carbonyl (C=O) groups is 4. The quantitative estimate of drug-likeness (QED) is 0.452. The average molecular weight is 512 g/mol. The lowest BCUT2D eigenvalue weighted by molar-refractivity contribution is -0.367. The zero-order valence-corrected chi connectivity index (χ0v) is 20.5. The number of methoxy groups -OCH3 is 1. The van der Waals surface area contributed by atoms with E-state index in [2.05, 4.69) is 0 Å². The van der Waals surface area contributed by atoms with Gasteiger partial charge >= 0.3 is 17.9 Å². The lowest BCUT2D eigenvalue weighted by Crippen LogP contribution is -2.67. The second-order valence-electron chi connectivity index (χ2n) is 7.98. The molecule has 0 bridgehead atoms. The fourth-order valence-corrected chi connectivity index (χ4v) is 4.47. The van der Waals surface area contributed by atoms with E-state index in [-0.39, 0.29) is 11.5 Å². The van der Waals surface area contributed by atoms with Crippen LogP contribution < -0.4 is 0 Å². The summed E-state index contributed by atoms with van der Waals surface area (Å²) in [6.45, 7) is 4.04. The van der Waals surface area contributed by atoms with Crippen LogP contribution in [0, 0.1) is 0 Å². The molecule has 2 aromatic rings. The van der Waals surface area contributed by atoms with Crippen LogP contribution >= 0.6 is 11.6 Å². The van der Waals surface area contributed by atoms with Gasteiger partial charge in [0.1, 0.15) is 6.10 Å². The van der Waals surface area contributed by atoms with E-state index in [0.717, 1.165) is 20.8 Å². The van der Waals surface area contributed by atoms with E-state index in [1.165, 1.54) is 24.8 Å². The maximum Gasteiger partial charge on any atom is 0.303 e. The highest BCUT2D eigenvalue weighted by molar-refractivity contribution is 6.31. The molecule has 3 rings (SSSR count). The van der Waals surface area contributed by atoms with E-state index in [9.17, 15) is 24.3 Å². The summed E-state index contributed by atoms with van der Waals surface area (Å²) in [4.78, 5) is 48.4. The first kappa shape index (κ1) is 26.6. The van der Waals surface area contributed by atoms with Gasteiger partial charge in [0.05, 0.1) is 12.1 Å². The number of rotatable bonds is 6. The number of ether oxygens (including phenoxy) is 5. The molecule has 0 saturated carbocycles. The lowest BCUT2D eigenvalue weighted by Gasteiger charge is -2.50. The summed E-state index contributed by atoms with van der Waals surface area (Å²) in [5, 5.41) is 10.9. The van der Waals surface area contributed by atoms with E-state index in [1.807, 2.05) is 0 Å². The van der Waals surface area contributed by atoms with Gasteiger partial charge in [0.25, 0.3) is 0 Å². The van der Waals surface area contributed by atoms with Crippen molar-refractivity contribution in [2.45, 2.75) is 57.9 Å². The van der Waals surface area contributed by atoms with Gasteiger partial charge in [-0.25, -0.2) is 0 Å². The average Bonchev–Trinajstić information content (AvgIpc) is 3.15. The molecule has 190 valence electrons. The molecule has 0 amide bonds. The number of benzene rings is 1. The minimum Gasteiger partial charge on any atom is -0.456 e. The normalized spacial score (nSPS) is 26.3. The largest absolute Gasteiger partial charge is 0.456 e. The van der Waals surface area contributed by atoms with E-state index < -0.39 is 54.7 Å². The number of esters is 3. The summed E-state index contributed by atoms with van der Waals surface area (Å²) in [5.74, 6) is -4.65. The molecule has 1 saturated heterocycles. The zero-order chi connectivity index (χ0) is 26.1. The van der Waals surface area contributed by atoms with E-state index >= 15 is 0 Å². The Morgan fingerprint density at radius 3 is 2.14 bits per heavy atom. The van der Waals surface area contributed by atoms with Gasteiger partial charge in [-0.1, -0.05) is 17.7 Å². The van der Waals surface area contributed by atoms with E-state index in [0.29, 0.717) is 15.9 Å². The van der Waals surface area contributed by atoms with Crippen molar-refractivity contribution < 1.29 is 48.0 Å². The van der Waals surface area contributed by atoms with Crippen molar-refractivity contribution in [1.82, 2.24) is 4.57 Å². The van der Waals surface area contributed by atoms with Crippen molar-refractivity contribution in [2.24, 2.45) is 0 Å². The standard InChI is InChI=1S/C23H26ClNO10/c1-11(27)25-9-17(16-7-6-15(24)8-18(16)25)23(31-5)22(34-14(4)30)21(33-13(3)29)20(32-12(2)28)19(10-26)35-23/h6-9,19-22,26H,10H2,1-5H3/t19-,20-,21+,22-,23-/m1/s1. The summed E-state index contributed by atoms with van der Waals surface area (Å²) in [6, 6.07) is 4.76. The highest BCUT2D eigenvalue weighted by atomic mass is 35.5. The SMILES string of the molecule is CO[C@]1(c2cn(C(C)=O)c3cc(Cl)ccc23)O[C@H](CO)[C@@H](OC(C)=O)[C@H](OC(C)=O)[C@H]1OC(C)=O. The Bertz CT molecular complexity index is 1160. The lowest BCUT2D eigenvalue weighted by atomic mass is 9.87. The smallest absolute Gasteiger partial charge is 0.303 e. The number of aliphatic hydroxyl groups is 1. The number of fused-ring (bicyclic) bond motifs is 1. The van der Waals surface area contributed by atoms with Crippen molar-refractivity contribution >= 4 is 46.3 Å². The van der Waals surface area contributed by atoms with Crippen LogP contribution in [-0.2, 0) is 43.9 Å². The molecule has 35 heavy (non-hydrogen) atoms. The number of hydrogen-bond donors (Lipinski definition) is 1.